The molecular formula is C22H25N5O3S. The van der Waals surface area contributed by atoms with Crippen LogP contribution in [0.15, 0.2) is 53.7 Å². The lowest BCUT2D eigenvalue weighted by atomic mass is 10.2. The van der Waals surface area contributed by atoms with Gasteiger partial charge in [-0.15, -0.1) is 5.10 Å². The van der Waals surface area contributed by atoms with Gasteiger partial charge in [-0.05, 0) is 24.3 Å². The minimum absolute atomic E-state index is 0.0910. The molecule has 1 saturated heterocycles. The maximum atomic E-state index is 12.7. The van der Waals surface area contributed by atoms with Crippen LogP contribution in [0.4, 0.5) is 5.69 Å². The second kappa shape index (κ2) is 9.74. The molecule has 0 saturated carbocycles. The number of piperazine rings is 1. The summed E-state index contributed by atoms with van der Waals surface area (Å²) in [5.41, 5.74) is 1.90. The molecule has 8 nitrogen and oxygen atoms in total. The van der Waals surface area contributed by atoms with E-state index in [2.05, 4.69) is 26.1 Å². The van der Waals surface area contributed by atoms with Crippen molar-refractivity contribution < 1.29 is 14.3 Å². The molecule has 1 aliphatic heterocycles. The molecule has 1 aromatic heterocycles. The first-order valence-corrected chi connectivity index (χ1v) is 11.0. The number of benzene rings is 2. The van der Waals surface area contributed by atoms with Gasteiger partial charge in [0.1, 0.15) is 11.5 Å². The molecule has 0 aliphatic carbocycles. The predicted molar refractivity (Wildman–Crippen MR) is 121 cm³/mol. The van der Waals surface area contributed by atoms with Gasteiger partial charge in [-0.3, -0.25) is 9.89 Å². The molecule has 0 bridgehead atoms. The Kier molecular flexibility index (Phi) is 6.61. The van der Waals surface area contributed by atoms with E-state index in [0.717, 1.165) is 35.8 Å². The van der Waals surface area contributed by atoms with Gasteiger partial charge in [0.25, 0.3) is 0 Å². The smallest absolute Gasteiger partial charge is 0.233 e. The highest BCUT2D eigenvalue weighted by molar-refractivity contribution is 7.99. The molecule has 162 valence electrons. The summed E-state index contributed by atoms with van der Waals surface area (Å²) in [7, 11) is 3.30. The van der Waals surface area contributed by atoms with E-state index in [4.69, 9.17) is 9.47 Å². The van der Waals surface area contributed by atoms with E-state index in [-0.39, 0.29) is 5.91 Å². The molecule has 1 amide bonds. The summed E-state index contributed by atoms with van der Waals surface area (Å²) in [5.74, 6) is 2.59. The fraction of sp³-hybridized carbons (Fsp3) is 0.318. The standard InChI is InChI=1S/C22H25N5O3S/c1-29-18-9-5-3-7-16(18)21-23-22(25-24-21)31-15-20(28)27-13-11-26(12-14-27)17-8-4-6-10-19(17)30-2/h3-10H,11-15H2,1-2H3,(H,23,24,25). The highest BCUT2D eigenvalue weighted by Crippen LogP contribution is 2.29. The Bertz CT molecular complexity index is 1030. The second-order valence-corrected chi connectivity index (χ2v) is 7.94. The molecule has 2 heterocycles. The minimum Gasteiger partial charge on any atom is -0.496 e. The summed E-state index contributed by atoms with van der Waals surface area (Å²) in [4.78, 5) is 21.3. The van der Waals surface area contributed by atoms with Crippen molar-refractivity contribution in [2.24, 2.45) is 0 Å². The molecule has 9 heteroatoms. The van der Waals surface area contributed by atoms with Gasteiger partial charge < -0.3 is 19.3 Å². The van der Waals surface area contributed by atoms with Crippen molar-refractivity contribution in [3.05, 3.63) is 48.5 Å². The van der Waals surface area contributed by atoms with E-state index in [1.165, 1.54) is 11.8 Å². The lowest BCUT2D eigenvalue weighted by Crippen LogP contribution is -2.49. The minimum atomic E-state index is 0.0910. The summed E-state index contributed by atoms with van der Waals surface area (Å²) in [5, 5.41) is 7.71. The Hall–Kier alpha value is -3.20. The molecule has 0 unspecified atom stereocenters. The first-order valence-electron chi connectivity index (χ1n) is 10.0. The number of H-pyrrole nitrogens is 1. The third kappa shape index (κ3) is 4.77. The van der Waals surface area contributed by atoms with Crippen LogP contribution >= 0.6 is 11.8 Å². The zero-order valence-corrected chi connectivity index (χ0v) is 18.4. The van der Waals surface area contributed by atoms with Gasteiger partial charge in [-0.25, -0.2) is 4.98 Å². The average Bonchev–Trinajstić information content (AvgIpc) is 3.31. The number of hydrogen-bond acceptors (Lipinski definition) is 7. The SMILES string of the molecule is COc1ccccc1-c1nc(SCC(=O)N2CCN(c3ccccc3OC)CC2)n[nH]1. The van der Waals surface area contributed by atoms with Crippen molar-refractivity contribution in [2.45, 2.75) is 5.16 Å². The maximum absolute atomic E-state index is 12.7. The van der Waals surface area contributed by atoms with Crippen molar-refractivity contribution >= 4 is 23.4 Å². The van der Waals surface area contributed by atoms with Crippen molar-refractivity contribution in [3.63, 3.8) is 0 Å². The summed E-state index contributed by atoms with van der Waals surface area (Å²) >= 11 is 1.34. The van der Waals surface area contributed by atoms with Gasteiger partial charge in [-0.2, -0.15) is 0 Å². The topological polar surface area (TPSA) is 83.6 Å². The van der Waals surface area contributed by atoms with E-state index in [0.29, 0.717) is 29.8 Å². The molecule has 0 spiro atoms. The van der Waals surface area contributed by atoms with Crippen LogP contribution < -0.4 is 14.4 Å². The zero-order valence-electron chi connectivity index (χ0n) is 17.6. The van der Waals surface area contributed by atoms with Gasteiger partial charge >= 0.3 is 0 Å². The normalized spacial score (nSPS) is 13.9. The molecule has 4 rings (SSSR count). The fourth-order valence-corrected chi connectivity index (χ4v) is 4.28. The van der Waals surface area contributed by atoms with Crippen LogP contribution in [0.1, 0.15) is 0 Å². The first kappa shape index (κ1) is 21.0. The highest BCUT2D eigenvalue weighted by Gasteiger charge is 2.23. The number of thioether (sulfide) groups is 1. The predicted octanol–water partition coefficient (Wildman–Crippen LogP) is 2.93. The Labute approximate surface area is 185 Å². The van der Waals surface area contributed by atoms with Crippen LogP contribution in [0.25, 0.3) is 11.4 Å². The molecule has 1 fully saturated rings. The van der Waals surface area contributed by atoms with E-state index in [1.807, 2.05) is 47.4 Å². The highest BCUT2D eigenvalue weighted by atomic mass is 32.2. The Morgan fingerprint density at radius 3 is 2.42 bits per heavy atom. The summed E-state index contributed by atoms with van der Waals surface area (Å²) in [6.07, 6.45) is 0. The van der Waals surface area contributed by atoms with Gasteiger partial charge in [0.15, 0.2) is 5.82 Å². The summed E-state index contributed by atoms with van der Waals surface area (Å²) in [6, 6.07) is 15.6. The van der Waals surface area contributed by atoms with E-state index in [1.54, 1.807) is 14.2 Å². The number of nitrogens with zero attached hydrogens (tertiary/aromatic N) is 4. The van der Waals surface area contributed by atoms with Gasteiger partial charge in [0, 0.05) is 26.2 Å². The van der Waals surface area contributed by atoms with Crippen molar-refractivity contribution in [3.8, 4) is 22.9 Å². The summed E-state index contributed by atoms with van der Waals surface area (Å²) in [6.45, 7) is 2.90. The lowest BCUT2D eigenvalue weighted by Gasteiger charge is -2.36. The molecule has 0 atom stereocenters. The number of rotatable bonds is 7. The maximum Gasteiger partial charge on any atom is 0.233 e. The number of carbonyl (C=O) groups excluding carboxylic acids is 1. The molecule has 1 aliphatic rings. The summed E-state index contributed by atoms with van der Waals surface area (Å²) < 4.78 is 10.8. The Balaban J connectivity index is 1.31. The number of carbonyl (C=O) groups is 1. The molecule has 1 N–H and O–H groups in total. The van der Waals surface area contributed by atoms with Crippen LogP contribution in [-0.4, -0.2) is 72.1 Å². The molecule has 0 radical (unpaired) electrons. The van der Waals surface area contributed by atoms with Crippen LogP contribution in [-0.2, 0) is 4.79 Å². The number of aromatic amines is 1. The third-order valence-electron chi connectivity index (χ3n) is 5.21. The van der Waals surface area contributed by atoms with Gasteiger partial charge in [0.2, 0.25) is 11.1 Å². The fourth-order valence-electron chi connectivity index (χ4n) is 3.58. The number of amides is 1. The lowest BCUT2D eigenvalue weighted by molar-refractivity contribution is -0.128. The second-order valence-electron chi connectivity index (χ2n) is 7.00. The number of para-hydroxylation sites is 3. The van der Waals surface area contributed by atoms with Crippen LogP contribution in [0.3, 0.4) is 0 Å². The first-order chi connectivity index (χ1) is 15.2. The third-order valence-corrected chi connectivity index (χ3v) is 6.04. The van der Waals surface area contributed by atoms with E-state index >= 15 is 0 Å². The monoisotopic (exact) mass is 439 g/mol. The van der Waals surface area contributed by atoms with Gasteiger partial charge in [-0.1, -0.05) is 36.0 Å². The van der Waals surface area contributed by atoms with E-state index < -0.39 is 0 Å². The Morgan fingerprint density at radius 2 is 1.68 bits per heavy atom. The zero-order chi connectivity index (χ0) is 21.6. The Morgan fingerprint density at radius 1 is 1.00 bits per heavy atom. The van der Waals surface area contributed by atoms with Crippen LogP contribution in [0.5, 0.6) is 11.5 Å². The number of hydrogen-bond donors (Lipinski definition) is 1. The average molecular weight is 440 g/mol. The molecular weight excluding hydrogens is 414 g/mol. The van der Waals surface area contributed by atoms with Crippen molar-refractivity contribution in [2.75, 3.05) is 51.1 Å². The largest absolute Gasteiger partial charge is 0.496 e. The van der Waals surface area contributed by atoms with Crippen LogP contribution in [0.2, 0.25) is 0 Å². The number of aromatic nitrogens is 3. The van der Waals surface area contributed by atoms with Crippen LogP contribution in [0, 0.1) is 0 Å². The molecule has 31 heavy (non-hydrogen) atoms. The van der Waals surface area contributed by atoms with E-state index in [9.17, 15) is 4.79 Å². The molecule has 2 aromatic carbocycles. The van der Waals surface area contributed by atoms with Crippen molar-refractivity contribution in [1.29, 1.82) is 0 Å². The number of methoxy groups -OCH3 is 2. The van der Waals surface area contributed by atoms with Gasteiger partial charge in [0.05, 0.1) is 31.2 Å². The van der Waals surface area contributed by atoms with Crippen molar-refractivity contribution in [1.82, 2.24) is 20.1 Å². The number of ether oxygens (including phenoxy) is 2. The number of nitrogens with one attached hydrogen (secondary N) is 1. The number of anilines is 1. The quantitative estimate of drug-likeness (QED) is 0.567. The molecule has 3 aromatic rings.